The molecule has 1 fully saturated rings. The Balaban J connectivity index is 1.81. The Morgan fingerprint density at radius 1 is 0.973 bits per heavy atom. The van der Waals surface area contributed by atoms with E-state index in [0.29, 0.717) is 0 Å². The second-order valence-corrected chi connectivity index (χ2v) is 10.5. The maximum absolute atomic E-state index is 11.9. The Labute approximate surface area is 224 Å². The van der Waals surface area contributed by atoms with Gasteiger partial charge in [-0.05, 0) is 73.2 Å². The van der Waals surface area contributed by atoms with Gasteiger partial charge < -0.3 is 25.1 Å². The van der Waals surface area contributed by atoms with E-state index in [4.69, 9.17) is 19.9 Å². The van der Waals surface area contributed by atoms with Crippen molar-refractivity contribution in [1.82, 2.24) is 0 Å². The number of benzene rings is 2. The first-order chi connectivity index (χ1) is 17.7. The van der Waals surface area contributed by atoms with Gasteiger partial charge in [-0.3, -0.25) is 9.59 Å². The molecule has 0 radical (unpaired) electrons. The van der Waals surface area contributed by atoms with Crippen LogP contribution in [-0.4, -0.2) is 53.6 Å². The molecule has 0 unspecified atom stereocenters. The van der Waals surface area contributed by atoms with Gasteiger partial charge >= 0.3 is 11.9 Å². The number of nitrogens with two attached hydrogens (primary N) is 1. The number of aliphatic hydroxyl groups excluding tert-OH is 1. The van der Waals surface area contributed by atoms with Crippen molar-refractivity contribution in [2.45, 2.75) is 82.7 Å². The highest BCUT2D eigenvalue weighted by Crippen LogP contribution is 2.39. The number of ether oxygens (including phenoxy) is 3. The zero-order valence-electron chi connectivity index (χ0n) is 22.1. The maximum atomic E-state index is 11.9. The van der Waals surface area contributed by atoms with Gasteiger partial charge in [0.15, 0.2) is 12.2 Å². The van der Waals surface area contributed by atoms with Crippen molar-refractivity contribution in [1.29, 1.82) is 0 Å². The largest absolute Gasteiger partial charge is 0.456 e. The summed E-state index contributed by atoms with van der Waals surface area (Å²) in [6.07, 6.45) is 3.06. The number of carbonyl (C=O) groups is 2. The second-order valence-electron chi connectivity index (χ2n) is 9.58. The van der Waals surface area contributed by atoms with E-state index in [2.05, 4.69) is 31.2 Å². The summed E-state index contributed by atoms with van der Waals surface area (Å²) < 4.78 is 17.1. The molecule has 0 aliphatic carbocycles. The molecule has 3 N–H and O–H groups in total. The fourth-order valence-corrected chi connectivity index (χ4v) is 5.39. The normalized spacial score (nSPS) is 23.5. The average Bonchev–Trinajstić information content (AvgIpc) is 2.86. The van der Waals surface area contributed by atoms with E-state index in [1.165, 1.54) is 36.7 Å². The number of esters is 2. The van der Waals surface area contributed by atoms with E-state index in [-0.39, 0.29) is 0 Å². The zero-order chi connectivity index (χ0) is 26.9. The minimum Gasteiger partial charge on any atom is -0.456 e. The summed E-state index contributed by atoms with van der Waals surface area (Å²) in [5.74, 6) is -1.08. The van der Waals surface area contributed by atoms with Crippen molar-refractivity contribution in [2.75, 3.05) is 12.8 Å². The van der Waals surface area contributed by atoms with Gasteiger partial charge in [0, 0.05) is 13.8 Å². The van der Waals surface area contributed by atoms with Gasteiger partial charge in [0.2, 0.25) is 0 Å². The second kappa shape index (κ2) is 14.0. The summed E-state index contributed by atoms with van der Waals surface area (Å²) in [6, 6.07) is 14.7. The number of aliphatic hydroxyl groups is 1. The lowest BCUT2D eigenvalue weighted by Gasteiger charge is -2.43. The Hall–Kier alpha value is -2.39. The SMILES string of the molecule is CS[C@H]1O[C@@H](c2ccc(C)c(Cc3ccc(CCCCCN)cc3)c2)[C@H](OC(C)=O)[C@@H](O)[C@@H]1OC(C)=O. The summed E-state index contributed by atoms with van der Waals surface area (Å²) in [4.78, 5) is 23.5. The number of carbonyl (C=O) groups excluding carboxylic acids is 2. The molecule has 1 saturated heterocycles. The molecule has 0 saturated carbocycles. The molecule has 3 rings (SSSR count). The molecule has 5 atom stereocenters. The van der Waals surface area contributed by atoms with Gasteiger partial charge in [-0.15, -0.1) is 11.8 Å². The van der Waals surface area contributed by atoms with Crippen LogP contribution in [0.1, 0.15) is 67.0 Å². The van der Waals surface area contributed by atoms with E-state index in [9.17, 15) is 14.7 Å². The topological polar surface area (TPSA) is 108 Å². The molecule has 37 heavy (non-hydrogen) atoms. The van der Waals surface area contributed by atoms with Gasteiger partial charge in [0.1, 0.15) is 17.6 Å². The number of thioether (sulfide) groups is 1. The Bertz CT molecular complexity index is 1040. The van der Waals surface area contributed by atoms with Crippen molar-refractivity contribution < 1.29 is 28.9 Å². The van der Waals surface area contributed by atoms with E-state index in [1.807, 2.05) is 24.5 Å². The standard InChI is InChI=1S/C29H39NO6S/c1-18-9-14-23(17-24(18)16-22-12-10-21(11-13-22)8-6-5-7-15-30)26-27(34-19(2)31)25(33)28(35-20(3)32)29(36-26)37-4/h9-14,17,25-29,33H,5-8,15-16,30H2,1-4H3/t25-,26+,27-,28+,29-/m1/s1. The van der Waals surface area contributed by atoms with Crippen molar-refractivity contribution in [2.24, 2.45) is 5.73 Å². The molecule has 8 heteroatoms. The first kappa shape index (κ1) is 29.2. The van der Waals surface area contributed by atoms with Gasteiger partial charge in [-0.25, -0.2) is 0 Å². The van der Waals surface area contributed by atoms with Crippen LogP contribution < -0.4 is 5.73 Å². The van der Waals surface area contributed by atoms with Gasteiger partial charge in [0.25, 0.3) is 0 Å². The predicted octanol–water partition coefficient (Wildman–Crippen LogP) is 4.24. The number of rotatable bonds is 11. The van der Waals surface area contributed by atoms with Gasteiger partial charge in [-0.2, -0.15) is 0 Å². The Kier molecular flexibility index (Phi) is 11.0. The van der Waals surface area contributed by atoms with Gasteiger partial charge in [0.05, 0.1) is 0 Å². The van der Waals surface area contributed by atoms with E-state index >= 15 is 0 Å². The molecule has 1 aliphatic rings. The third-order valence-corrected chi connectivity index (χ3v) is 7.49. The highest BCUT2D eigenvalue weighted by atomic mass is 32.2. The molecule has 0 bridgehead atoms. The number of unbranched alkanes of at least 4 members (excludes halogenated alkanes) is 2. The van der Waals surface area contributed by atoms with Crippen LogP contribution in [-0.2, 0) is 36.6 Å². The molecule has 7 nitrogen and oxygen atoms in total. The molecular weight excluding hydrogens is 490 g/mol. The lowest BCUT2D eigenvalue weighted by molar-refractivity contribution is -0.224. The van der Waals surface area contributed by atoms with Crippen LogP contribution in [0.15, 0.2) is 42.5 Å². The van der Waals surface area contributed by atoms with E-state index < -0.39 is 41.8 Å². The molecule has 1 aliphatic heterocycles. The zero-order valence-corrected chi connectivity index (χ0v) is 23.0. The van der Waals surface area contributed by atoms with E-state index in [0.717, 1.165) is 55.3 Å². The maximum Gasteiger partial charge on any atom is 0.303 e. The lowest BCUT2D eigenvalue weighted by atomic mass is 9.90. The molecule has 2 aromatic carbocycles. The van der Waals surface area contributed by atoms with Crippen molar-refractivity contribution in [3.8, 4) is 0 Å². The molecule has 2 aromatic rings. The van der Waals surface area contributed by atoms with Crippen LogP contribution in [0.4, 0.5) is 0 Å². The Morgan fingerprint density at radius 2 is 1.62 bits per heavy atom. The van der Waals surface area contributed by atoms with Crippen LogP contribution >= 0.6 is 11.8 Å². The first-order valence-corrected chi connectivity index (χ1v) is 14.1. The first-order valence-electron chi connectivity index (χ1n) is 12.8. The highest BCUT2D eigenvalue weighted by Gasteiger charge is 2.49. The van der Waals surface area contributed by atoms with Crippen LogP contribution in [0.5, 0.6) is 0 Å². The number of hydrogen-bond donors (Lipinski definition) is 2. The summed E-state index contributed by atoms with van der Waals surface area (Å²) in [7, 11) is 0. The summed E-state index contributed by atoms with van der Waals surface area (Å²) in [5.41, 5.74) is 10.5. The fourth-order valence-electron chi connectivity index (χ4n) is 4.68. The molecule has 0 aromatic heterocycles. The minimum absolute atomic E-state index is 0.536. The lowest BCUT2D eigenvalue weighted by Crippen LogP contribution is -2.55. The van der Waals surface area contributed by atoms with Crippen molar-refractivity contribution in [3.05, 3.63) is 70.3 Å². The van der Waals surface area contributed by atoms with Gasteiger partial charge in [-0.1, -0.05) is 48.9 Å². The van der Waals surface area contributed by atoms with Crippen molar-refractivity contribution >= 4 is 23.7 Å². The Morgan fingerprint density at radius 3 is 2.24 bits per heavy atom. The number of hydrogen-bond acceptors (Lipinski definition) is 8. The monoisotopic (exact) mass is 529 g/mol. The minimum atomic E-state index is -1.23. The third-order valence-electron chi connectivity index (χ3n) is 6.65. The van der Waals surface area contributed by atoms with Crippen LogP contribution in [0, 0.1) is 6.92 Å². The highest BCUT2D eigenvalue weighted by molar-refractivity contribution is 7.99. The predicted molar refractivity (Wildman–Crippen MR) is 145 cm³/mol. The molecular formula is C29H39NO6S. The molecule has 202 valence electrons. The smallest absolute Gasteiger partial charge is 0.303 e. The fraction of sp³-hybridized carbons (Fsp3) is 0.517. The molecule has 1 heterocycles. The van der Waals surface area contributed by atoms with E-state index in [1.54, 1.807) is 0 Å². The quantitative estimate of drug-likeness (QED) is 0.329. The van der Waals surface area contributed by atoms with Crippen molar-refractivity contribution in [3.63, 3.8) is 0 Å². The summed E-state index contributed by atoms with van der Waals surface area (Å²) in [5, 5.41) is 11.1. The summed E-state index contributed by atoms with van der Waals surface area (Å²) in [6.45, 7) is 5.37. The third kappa shape index (κ3) is 8.04. The number of aryl methyl sites for hydroxylation is 2. The molecule has 0 amide bonds. The van der Waals surface area contributed by atoms with Crippen LogP contribution in [0.3, 0.4) is 0 Å². The van der Waals surface area contributed by atoms with Crippen LogP contribution in [0.25, 0.3) is 0 Å². The van der Waals surface area contributed by atoms with Crippen LogP contribution in [0.2, 0.25) is 0 Å². The summed E-state index contributed by atoms with van der Waals surface area (Å²) >= 11 is 1.33. The molecule has 0 spiro atoms. The average molecular weight is 530 g/mol.